The van der Waals surface area contributed by atoms with Gasteiger partial charge in [-0.1, -0.05) is 18.2 Å². The van der Waals surface area contributed by atoms with Gasteiger partial charge in [0.2, 0.25) is 0 Å². The number of rotatable bonds is 6. The summed E-state index contributed by atoms with van der Waals surface area (Å²) < 4.78 is 10.4. The van der Waals surface area contributed by atoms with E-state index in [2.05, 4.69) is 0 Å². The smallest absolute Gasteiger partial charge is 0.387 e. The van der Waals surface area contributed by atoms with E-state index in [1.807, 2.05) is 0 Å². The number of nitro benzene ring substituents is 1. The zero-order chi connectivity index (χ0) is 15.2. The van der Waals surface area contributed by atoms with Crippen LogP contribution < -0.4 is 9.47 Å². The average Bonchev–Trinajstić information content (AvgIpc) is 2.48. The molecule has 1 N–H and O–H groups in total. The molecule has 0 radical (unpaired) electrons. The number of para-hydroxylation sites is 1. The van der Waals surface area contributed by atoms with E-state index in [0.29, 0.717) is 5.75 Å². The van der Waals surface area contributed by atoms with Gasteiger partial charge in [-0.15, -0.1) is 0 Å². The largest absolute Gasteiger partial charge is 0.476 e. The van der Waals surface area contributed by atoms with Gasteiger partial charge in [-0.25, -0.2) is 4.79 Å². The molecule has 0 heterocycles. The molecule has 1 atom stereocenters. The van der Waals surface area contributed by atoms with Crippen molar-refractivity contribution in [3.63, 3.8) is 0 Å². The molecule has 2 aromatic carbocycles. The first kappa shape index (κ1) is 14.3. The minimum absolute atomic E-state index is 0.113. The van der Waals surface area contributed by atoms with Crippen LogP contribution in [0.1, 0.15) is 0 Å². The van der Waals surface area contributed by atoms with E-state index in [1.54, 1.807) is 30.3 Å². The molecule has 2 aromatic rings. The molecule has 0 aliphatic rings. The van der Waals surface area contributed by atoms with Gasteiger partial charge in [-0.2, -0.15) is 0 Å². The summed E-state index contributed by atoms with van der Waals surface area (Å²) in [6.07, 6.45) is -1.55. The van der Waals surface area contributed by atoms with Gasteiger partial charge in [0.15, 0.2) is 0 Å². The number of nitro groups is 1. The number of carbonyl (C=O) groups is 1. The molecule has 0 saturated carbocycles. The van der Waals surface area contributed by atoms with Crippen LogP contribution in [0, 0.1) is 10.1 Å². The van der Waals surface area contributed by atoms with Gasteiger partial charge in [0.1, 0.15) is 11.5 Å². The molecule has 0 spiro atoms. The average molecular weight is 289 g/mol. The molecule has 7 heteroatoms. The molecular formula is C14H11NO6. The predicted molar refractivity (Wildman–Crippen MR) is 72.2 cm³/mol. The molecule has 0 fully saturated rings. The van der Waals surface area contributed by atoms with Crippen molar-refractivity contribution in [1.29, 1.82) is 0 Å². The lowest BCUT2D eigenvalue weighted by Crippen LogP contribution is -2.33. The lowest BCUT2D eigenvalue weighted by atomic mass is 10.3. The van der Waals surface area contributed by atoms with Crippen molar-refractivity contribution >= 4 is 11.7 Å². The first-order chi connectivity index (χ1) is 10.1. The van der Waals surface area contributed by atoms with Gasteiger partial charge in [0.05, 0.1) is 4.92 Å². The monoisotopic (exact) mass is 289 g/mol. The number of benzene rings is 2. The minimum Gasteiger partial charge on any atom is -0.476 e. The van der Waals surface area contributed by atoms with E-state index in [4.69, 9.17) is 14.6 Å². The summed E-state index contributed by atoms with van der Waals surface area (Å²) in [5.41, 5.74) is -0.113. The highest BCUT2D eigenvalue weighted by Crippen LogP contribution is 2.20. The molecular weight excluding hydrogens is 278 g/mol. The van der Waals surface area contributed by atoms with E-state index in [1.165, 1.54) is 24.3 Å². The highest BCUT2D eigenvalue weighted by atomic mass is 16.7. The Kier molecular flexibility index (Phi) is 4.35. The Hall–Kier alpha value is -3.09. The summed E-state index contributed by atoms with van der Waals surface area (Å²) in [7, 11) is 0. The second kappa shape index (κ2) is 6.38. The summed E-state index contributed by atoms with van der Waals surface area (Å²) in [4.78, 5) is 21.1. The standard InChI is InChI=1S/C14H11NO6/c16-13(17)14(20-11-4-2-1-3-5-11)21-12-8-6-10(7-9-12)15(18)19/h1-9,14H,(H,16,17). The van der Waals surface area contributed by atoms with Gasteiger partial charge >= 0.3 is 12.3 Å². The van der Waals surface area contributed by atoms with Crippen molar-refractivity contribution in [3.8, 4) is 11.5 Å². The van der Waals surface area contributed by atoms with Gasteiger partial charge in [0, 0.05) is 12.1 Å². The van der Waals surface area contributed by atoms with Gasteiger partial charge < -0.3 is 14.6 Å². The van der Waals surface area contributed by atoms with Gasteiger partial charge in [-0.05, 0) is 24.3 Å². The van der Waals surface area contributed by atoms with Crippen LogP contribution in [-0.4, -0.2) is 22.3 Å². The lowest BCUT2D eigenvalue weighted by molar-refractivity contribution is -0.384. The predicted octanol–water partition coefficient (Wildman–Crippen LogP) is 2.46. The highest BCUT2D eigenvalue weighted by molar-refractivity contribution is 5.71. The van der Waals surface area contributed by atoms with Crippen LogP contribution in [-0.2, 0) is 4.79 Å². The molecule has 0 aliphatic carbocycles. The summed E-state index contributed by atoms with van der Waals surface area (Å²) >= 11 is 0. The molecule has 21 heavy (non-hydrogen) atoms. The maximum Gasteiger partial charge on any atom is 0.387 e. The molecule has 0 bridgehead atoms. The number of non-ortho nitro benzene ring substituents is 1. The number of nitrogens with zero attached hydrogens (tertiary/aromatic N) is 1. The maximum absolute atomic E-state index is 11.1. The van der Waals surface area contributed by atoms with E-state index < -0.39 is 17.2 Å². The van der Waals surface area contributed by atoms with E-state index in [0.717, 1.165) is 0 Å². The summed E-state index contributed by atoms with van der Waals surface area (Å²) in [5, 5.41) is 19.6. The van der Waals surface area contributed by atoms with Crippen LogP contribution in [0.5, 0.6) is 11.5 Å². The van der Waals surface area contributed by atoms with Crippen molar-refractivity contribution in [2.45, 2.75) is 6.29 Å². The summed E-state index contributed by atoms with van der Waals surface area (Å²) in [6.45, 7) is 0. The van der Waals surface area contributed by atoms with Gasteiger partial charge in [0.25, 0.3) is 5.69 Å². The zero-order valence-electron chi connectivity index (χ0n) is 10.7. The maximum atomic E-state index is 11.1. The van der Waals surface area contributed by atoms with Crippen LogP contribution in [0.3, 0.4) is 0 Å². The van der Waals surface area contributed by atoms with Crippen LogP contribution in [0.25, 0.3) is 0 Å². The third-order valence-corrected chi connectivity index (χ3v) is 2.48. The third kappa shape index (κ3) is 3.93. The molecule has 0 amide bonds. The Bertz CT molecular complexity index is 626. The van der Waals surface area contributed by atoms with Crippen molar-refractivity contribution < 1.29 is 24.3 Å². The first-order valence-electron chi connectivity index (χ1n) is 5.92. The van der Waals surface area contributed by atoms with Crippen molar-refractivity contribution in [2.24, 2.45) is 0 Å². The fraction of sp³-hybridized carbons (Fsp3) is 0.0714. The second-order valence-electron chi connectivity index (χ2n) is 3.97. The Balaban J connectivity index is 2.09. The van der Waals surface area contributed by atoms with Crippen molar-refractivity contribution in [3.05, 3.63) is 64.7 Å². The van der Waals surface area contributed by atoms with Crippen LogP contribution in [0.2, 0.25) is 0 Å². The van der Waals surface area contributed by atoms with Crippen LogP contribution in [0.15, 0.2) is 54.6 Å². The Morgan fingerprint density at radius 1 is 1.00 bits per heavy atom. The molecule has 0 aliphatic heterocycles. The third-order valence-electron chi connectivity index (χ3n) is 2.48. The fourth-order valence-electron chi connectivity index (χ4n) is 1.52. The number of carboxylic acid groups (broad SMARTS) is 1. The second-order valence-corrected chi connectivity index (χ2v) is 3.97. The Morgan fingerprint density at radius 2 is 1.52 bits per heavy atom. The lowest BCUT2D eigenvalue weighted by Gasteiger charge is -2.16. The molecule has 2 rings (SSSR count). The summed E-state index contributed by atoms with van der Waals surface area (Å²) in [5.74, 6) is -0.812. The first-order valence-corrected chi connectivity index (χ1v) is 5.92. The van der Waals surface area contributed by atoms with Gasteiger partial charge in [-0.3, -0.25) is 10.1 Å². The van der Waals surface area contributed by atoms with Crippen molar-refractivity contribution in [1.82, 2.24) is 0 Å². The Morgan fingerprint density at radius 3 is 2.00 bits per heavy atom. The topological polar surface area (TPSA) is 98.9 Å². The molecule has 108 valence electrons. The number of hydrogen-bond acceptors (Lipinski definition) is 5. The molecule has 0 saturated heterocycles. The van der Waals surface area contributed by atoms with E-state index in [9.17, 15) is 14.9 Å². The van der Waals surface area contributed by atoms with E-state index in [-0.39, 0.29) is 11.4 Å². The van der Waals surface area contributed by atoms with E-state index >= 15 is 0 Å². The normalized spacial score (nSPS) is 11.4. The zero-order valence-corrected chi connectivity index (χ0v) is 10.7. The number of aliphatic carboxylic acids is 1. The van der Waals surface area contributed by atoms with Crippen LogP contribution in [0.4, 0.5) is 5.69 Å². The fourth-order valence-corrected chi connectivity index (χ4v) is 1.52. The number of carboxylic acids is 1. The molecule has 1 unspecified atom stereocenters. The van der Waals surface area contributed by atoms with Crippen LogP contribution >= 0.6 is 0 Å². The minimum atomic E-state index is -1.55. The molecule has 0 aromatic heterocycles. The quantitative estimate of drug-likeness (QED) is 0.498. The number of hydrogen-bond donors (Lipinski definition) is 1. The van der Waals surface area contributed by atoms with Crippen molar-refractivity contribution in [2.75, 3.05) is 0 Å². The number of ether oxygens (including phenoxy) is 2. The molecule has 7 nitrogen and oxygen atoms in total. The highest BCUT2D eigenvalue weighted by Gasteiger charge is 2.21. The Labute approximate surface area is 119 Å². The SMILES string of the molecule is O=C(O)C(Oc1ccccc1)Oc1ccc([N+](=O)[O-])cc1. The summed E-state index contributed by atoms with van der Waals surface area (Å²) in [6, 6.07) is 13.4.